The molecule has 17 nitrogen and oxygen atoms in total. The minimum atomic E-state index is -1.10. The first-order valence-electron chi connectivity index (χ1n) is 16.5. The Labute approximate surface area is 312 Å². The van der Waals surface area contributed by atoms with E-state index in [1.54, 1.807) is 24.0 Å². The number of aromatic nitrogens is 4. The molecule has 1 aromatic carbocycles. The Morgan fingerprint density at radius 1 is 0.784 bits per heavy atom. The number of halogens is 1. The maximum atomic E-state index is 13.7. The molecule has 0 aliphatic heterocycles. The molecule has 1 heterocycles. The summed E-state index contributed by atoms with van der Waals surface area (Å²) in [7, 11) is 0. The molecule has 0 bridgehead atoms. The molecule has 0 radical (unpaired) electrons. The molecule has 0 saturated heterocycles. The van der Waals surface area contributed by atoms with E-state index in [1.165, 1.54) is 4.90 Å². The summed E-state index contributed by atoms with van der Waals surface area (Å²) >= 11 is 0.222. The Hall–Kier alpha value is -3.28. The van der Waals surface area contributed by atoms with Crippen molar-refractivity contribution in [3.63, 3.8) is 0 Å². The summed E-state index contributed by atoms with van der Waals surface area (Å²) in [5.74, 6) is -0.450. The number of urea groups is 1. The van der Waals surface area contributed by atoms with Crippen LogP contribution in [0.1, 0.15) is 30.7 Å². The van der Waals surface area contributed by atoms with E-state index in [9.17, 15) is 22.7 Å². The van der Waals surface area contributed by atoms with Gasteiger partial charge in [-0.3, -0.25) is 14.5 Å². The molecule has 0 atom stereocenters. The Kier molecular flexibility index (Phi) is 28.4. The number of carboxylic acids is 1. The van der Waals surface area contributed by atoms with Crippen LogP contribution in [0, 0.1) is 14.4 Å². The molecule has 3 amide bonds. The van der Waals surface area contributed by atoms with Crippen LogP contribution < -0.4 is 22.5 Å². The van der Waals surface area contributed by atoms with Crippen LogP contribution in [-0.4, -0.2) is 157 Å². The number of aryl methyl sites for hydroxylation is 1. The minimum absolute atomic E-state index is 0. The predicted molar refractivity (Wildman–Crippen MR) is 187 cm³/mol. The van der Waals surface area contributed by atoms with Crippen LogP contribution in [-0.2, 0) is 45.2 Å². The van der Waals surface area contributed by atoms with Crippen molar-refractivity contribution in [1.82, 2.24) is 40.4 Å². The summed E-state index contributed by atoms with van der Waals surface area (Å²) < 4.78 is 20.7. The van der Waals surface area contributed by atoms with Crippen molar-refractivity contribution in [3.05, 3.63) is 43.1 Å². The number of rotatable bonds is 26. The molecule has 0 unspecified atom stereocenters. The molecule has 0 saturated carbocycles. The molecule has 19 heteroatoms. The normalized spacial score (nSPS) is 10.6. The van der Waals surface area contributed by atoms with Crippen LogP contribution in [0.4, 0.5) is 8.02 Å². The summed E-state index contributed by atoms with van der Waals surface area (Å²) in [5, 5.41) is 28.3. The van der Waals surface area contributed by atoms with Gasteiger partial charge >= 0.3 is 34.9 Å². The van der Waals surface area contributed by atoms with Gasteiger partial charge in [-0.25, -0.2) is 4.79 Å². The van der Waals surface area contributed by atoms with Crippen LogP contribution >= 0.6 is 0 Å². The maximum absolute atomic E-state index is 13.7. The molecular weight excluding hydrogens is 840 g/mol. The molecule has 0 spiro atoms. The van der Waals surface area contributed by atoms with Crippen LogP contribution in [0.3, 0.4) is 0 Å². The molecule has 51 heavy (non-hydrogen) atoms. The van der Waals surface area contributed by atoms with Crippen LogP contribution in [0.25, 0.3) is 11.4 Å². The molecule has 8 N–H and O–H groups in total. The van der Waals surface area contributed by atoms with E-state index < -0.39 is 18.5 Å². The third-order valence-corrected chi connectivity index (χ3v) is 7.17. The van der Waals surface area contributed by atoms with Crippen molar-refractivity contribution >= 4 is 17.9 Å². The molecule has 0 fully saturated rings. The van der Waals surface area contributed by atoms with Crippen molar-refractivity contribution in [2.45, 2.75) is 32.6 Å². The molecular formula is C32H56FN11O6Re-. The van der Waals surface area contributed by atoms with E-state index in [4.69, 9.17) is 26.7 Å². The number of carboxylic acid groups (broad SMARTS) is 1. The molecule has 1 aromatic heterocycles. The van der Waals surface area contributed by atoms with Gasteiger partial charge in [0.1, 0.15) is 6.54 Å². The van der Waals surface area contributed by atoms with Gasteiger partial charge in [-0.15, -0.1) is 20.4 Å². The van der Waals surface area contributed by atoms with Crippen molar-refractivity contribution in [2.75, 3.05) is 98.4 Å². The number of carbonyl (C=O) groups excluding carboxylic acids is 2. The number of nitrogens with two attached hydrogens (primary N) is 3. The third-order valence-electron chi connectivity index (χ3n) is 7.17. The second-order valence-electron chi connectivity index (χ2n) is 11.1. The van der Waals surface area contributed by atoms with E-state index >= 15 is 0 Å². The van der Waals surface area contributed by atoms with E-state index in [-0.39, 0.29) is 59.1 Å². The quantitative estimate of drug-likeness (QED) is 0.0616. The Morgan fingerprint density at radius 2 is 1.39 bits per heavy atom. The summed E-state index contributed by atoms with van der Waals surface area (Å²) in [6.07, 6.45) is 2.33. The predicted octanol–water partition coefficient (Wildman–Crippen LogP) is -0.0411. The zero-order chi connectivity index (χ0) is 37.0. The Bertz CT molecular complexity index is 1190. The number of nitrogens with one attached hydrogen (secondary N) is 1. The monoisotopic (exact) mass is 896 g/mol. The van der Waals surface area contributed by atoms with Crippen LogP contribution in [0.15, 0.2) is 24.3 Å². The van der Waals surface area contributed by atoms with Gasteiger partial charge in [0.2, 0.25) is 11.7 Å². The molecule has 0 aliphatic carbocycles. The first kappa shape index (κ1) is 47.7. The number of carbonyl (C=O) groups is 3. The van der Waals surface area contributed by atoms with E-state index in [0.29, 0.717) is 90.3 Å². The molecule has 290 valence electrons. The van der Waals surface area contributed by atoms with Crippen molar-refractivity contribution < 1.29 is 51.9 Å². The van der Waals surface area contributed by atoms with Gasteiger partial charge in [0.25, 0.3) is 0 Å². The summed E-state index contributed by atoms with van der Waals surface area (Å²) in [6, 6.07) is 6.82. The zero-order valence-electron chi connectivity index (χ0n) is 29.9. The van der Waals surface area contributed by atoms with Gasteiger partial charge in [-0.2, -0.15) is 0 Å². The van der Waals surface area contributed by atoms with Gasteiger partial charge in [0.15, 0.2) is 5.82 Å². The van der Waals surface area contributed by atoms with Crippen molar-refractivity contribution in [2.24, 2.45) is 17.2 Å². The fourth-order valence-corrected chi connectivity index (χ4v) is 4.63. The van der Waals surface area contributed by atoms with Crippen LogP contribution in [0.2, 0.25) is 0 Å². The SMILES string of the molecule is Cc1nnc(-c2ccc(CC(=O)NCCN(CCN(CCOCCN)CCOCCN)C(=O)N(CCCCCN)CC(=O)O)cc2)nn1.[CH3-].[F][Re]. The molecule has 0 aliphatic rings. The molecule has 2 aromatic rings. The number of ether oxygens (including phenoxy) is 2. The number of aliphatic carboxylic acids is 1. The topological polar surface area (TPSA) is 241 Å². The average Bonchev–Trinajstić information content (AvgIpc) is 3.12. The number of amides is 3. The van der Waals surface area contributed by atoms with Gasteiger partial charge < -0.3 is 54.3 Å². The Balaban J connectivity index is 0.00000818. The van der Waals surface area contributed by atoms with Gasteiger partial charge in [0.05, 0.1) is 32.8 Å². The van der Waals surface area contributed by atoms with Gasteiger partial charge in [-0.05, 0) is 31.9 Å². The van der Waals surface area contributed by atoms with Gasteiger partial charge in [0, 0.05) is 64.5 Å². The van der Waals surface area contributed by atoms with E-state index in [1.807, 2.05) is 12.1 Å². The fourth-order valence-electron chi connectivity index (χ4n) is 4.63. The number of nitrogens with zero attached hydrogens (tertiary/aromatic N) is 7. The number of hydrogen-bond acceptors (Lipinski definition) is 13. The first-order valence-corrected chi connectivity index (χ1v) is 17.6. The number of unbranched alkanes of at least 4 members (excludes halogenated alkanes) is 2. The van der Waals surface area contributed by atoms with Crippen LogP contribution in [0.5, 0.6) is 0 Å². The fraction of sp³-hybridized carbons (Fsp3) is 0.625. The summed E-state index contributed by atoms with van der Waals surface area (Å²) in [6.45, 7) is 7.05. The number of hydrogen-bond donors (Lipinski definition) is 5. The third kappa shape index (κ3) is 21.6. The zero-order valence-corrected chi connectivity index (χ0v) is 32.6. The van der Waals surface area contributed by atoms with Crippen molar-refractivity contribution in [3.8, 4) is 11.4 Å². The molecule has 2 rings (SSSR count). The second kappa shape index (κ2) is 30.4. The Morgan fingerprint density at radius 3 is 1.94 bits per heavy atom. The number of benzene rings is 1. The summed E-state index contributed by atoms with van der Waals surface area (Å²) in [5.41, 5.74) is 18.2. The standard InChI is InChI=1S/C31H53N11O6.CH3.FH.Re/c1-25-36-38-30(39-37-25)27-7-5-26(6-8-27)23-28(43)35-12-14-41(31(46)42(24-29(44)45)13-4-2-3-9-32)16-15-40(17-21-47-19-10-33)18-22-48-20-11-34;;;/h5-8H,2-4,9-24,32-34H2,1H3,(H,35,43)(H,44,45);1H3;1H;/q;-1;;+1/p-1. The first-order chi connectivity index (χ1) is 24.3. The second-order valence-corrected chi connectivity index (χ2v) is 11.1. The van der Waals surface area contributed by atoms with E-state index in [0.717, 1.165) is 24.0 Å². The van der Waals surface area contributed by atoms with E-state index in [2.05, 4.69) is 30.6 Å². The van der Waals surface area contributed by atoms with Crippen molar-refractivity contribution in [1.29, 1.82) is 0 Å². The summed E-state index contributed by atoms with van der Waals surface area (Å²) in [4.78, 5) is 43.3. The average molecular weight is 896 g/mol. The van der Waals surface area contributed by atoms with Gasteiger partial charge in [-0.1, -0.05) is 30.7 Å².